The molecule has 82 valence electrons. The van der Waals surface area contributed by atoms with E-state index in [1.54, 1.807) is 0 Å². The number of alkyl halides is 3. The van der Waals surface area contributed by atoms with Crippen LogP contribution >= 0.6 is 0 Å². The lowest BCUT2D eigenvalue weighted by molar-refractivity contribution is -0.142. The summed E-state index contributed by atoms with van der Waals surface area (Å²) in [7, 11) is 0. The van der Waals surface area contributed by atoms with Gasteiger partial charge in [-0.25, -0.2) is 4.98 Å². The van der Waals surface area contributed by atoms with Crippen molar-refractivity contribution in [3.8, 4) is 0 Å². The van der Waals surface area contributed by atoms with E-state index in [9.17, 15) is 18.0 Å². The van der Waals surface area contributed by atoms with E-state index in [-0.39, 0.29) is 5.69 Å². The van der Waals surface area contributed by atoms with Crippen LogP contribution in [0.1, 0.15) is 11.3 Å². The van der Waals surface area contributed by atoms with E-state index in [2.05, 4.69) is 4.98 Å². The van der Waals surface area contributed by atoms with Crippen LogP contribution in [0.2, 0.25) is 0 Å². The van der Waals surface area contributed by atoms with Crippen LogP contribution in [0.5, 0.6) is 0 Å². The third kappa shape index (κ3) is 2.83. The molecule has 15 heavy (non-hydrogen) atoms. The van der Waals surface area contributed by atoms with Gasteiger partial charge in [-0.3, -0.25) is 4.79 Å². The summed E-state index contributed by atoms with van der Waals surface area (Å²) in [4.78, 5) is 13.4. The van der Waals surface area contributed by atoms with E-state index >= 15 is 0 Å². The molecule has 0 saturated carbocycles. The third-order valence-electron chi connectivity index (χ3n) is 1.60. The molecule has 7 heteroatoms. The van der Waals surface area contributed by atoms with E-state index in [4.69, 9.17) is 10.8 Å². The van der Waals surface area contributed by atoms with Crippen LogP contribution in [0.25, 0.3) is 0 Å². The van der Waals surface area contributed by atoms with Gasteiger partial charge in [-0.05, 0) is 11.6 Å². The number of aliphatic carboxylic acids is 1. The highest BCUT2D eigenvalue weighted by molar-refractivity contribution is 5.71. The minimum atomic E-state index is -4.67. The van der Waals surface area contributed by atoms with Crippen molar-refractivity contribution < 1.29 is 23.1 Å². The fraction of sp³-hybridized carbons (Fsp3) is 0.250. The largest absolute Gasteiger partial charge is 0.481 e. The van der Waals surface area contributed by atoms with Gasteiger partial charge in [0.15, 0.2) is 0 Å². The molecule has 4 nitrogen and oxygen atoms in total. The molecule has 0 saturated heterocycles. The first-order valence-electron chi connectivity index (χ1n) is 3.84. The number of carboxylic acid groups (broad SMARTS) is 1. The number of nitrogens with zero attached hydrogens (tertiary/aromatic N) is 1. The summed E-state index contributed by atoms with van der Waals surface area (Å²) in [5.41, 5.74) is 3.58. The zero-order chi connectivity index (χ0) is 11.6. The highest BCUT2D eigenvalue weighted by Gasteiger charge is 2.35. The molecular formula is C8H7F3N2O2. The van der Waals surface area contributed by atoms with Crippen LogP contribution < -0.4 is 5.73 Å². The maximum Gasteiger partial charge on any atom is 0.433 e. The van der Waals surface area contributed by atoms with Crippen LogP contribution in [0.4, 0.5) is 18.9 Å². The number of pyridine rings is 1. The summed E-state index contributed by atoms with van der Waals surface area (Å²) in [6.45, 7) is 0. The van der Waals surface area contributed by atoms with Crippen LogP contribution in [-0.2, 0) is 17.4 Å². The Kier molecular flexibility index (Phi) is 2.83. The summed E-state index contributed by atoms with van der Waals surface area (Å²) in [6, 6.07) is 0.962. The number of hydrogen-bond acceptors (Lipinski definition) is 3. The molecule has 1 heterocycles. The molecule has 0 aliphatic heterocycles. The monoisotopic (exact) mass is 220 g/mol. The first-order chi connectivity index (χ1) is 6.80. The van der Waals surface area contributed by atoms with Crippen molar-refractivity contribution >= 4 is 11.7 Å². The Morgan fingerprint density at radius 1 is 1.53 bits per heavy atom. The molecule has 0 aliphatic rings. The quantitative estimate of drug-likeness (QED) is 0.787. The molecule has 0 aromatic carbocycles. The molecule has 0 spiro atoms. The molecule has 0 radical (unpaired) electrons. The van der Waals surface area contributed by atoms with Crippen molar-refractivity contribution in [3.63, 3.8) is 0 Å². The lowest BCUT2D eigenvalue weighted by Crippen LogP contribution is -2.15. The number of carbonyl (C=O) groups is 1. The molecule has 0 fully saturated rings. The number of aromatic nitrogens is 1. The van der Waals surface area contributed by atoms with E-state index in [1.165, 1.54) is 0 Å². The second-order valence-electron chi connectivity index (χ2n) is 2.84. The average molecular weight is 220 g/mol. The third-order valence-corrected chi connectivity index (χ3v) is 1.60. The minimum Gasteiger partial charge on any atom is -0.481 e. The Morgan fingerprint density at radius 2 is 2.13 bits per heavy atom. The molecule has 0 unspecified atom stereocenters. The molecule has 1 rings (SSSR count). The standard InChI is InChI=1S/C8H7F3N2O2/c9-8(10,11)7-4(2-6(14)15)1-5(12)3-13-7/h1,3H,2,12H2,(H,14,15). The van der Waals surface area contributed by atoms with Crippen LogP contribution in [0.3, 0.4) is 0 Å². The van der Waals surface area contributed by atoms with E-state index in [0.29, 0.717) is 0 Å². The zero-order valence-electron chi connectivity index (χ0n) is 7.38. The molecule has 1 aromatic rings. The fourth-order valence-electron chi connectivity index (χ4n) is 1.08. The average Bonchev–Trinajstić information content (AvgIpc) is 1.99. The van der Waals surface area contributed by atoms with Gasteiger partial charge in [0, 0.05) is 0 Å². The molecule has 0 atom stereocenters. The number of nitrogens with two attached hydrogens (primary N) is 1. The zero-order valence-corrected chi connectivity index (χ0v) is 7.38. The number of nitrogen functional groups attached to an aromatic ring is 1. The molecule has 0 aliphatic carbocycles. The summed E-state index contributed by atoms with van der Waals surface area (Å²) < 4.78 is 37.0. The van der Waals surface area contributed by atoms with Gasteiger partial charge >= 0.3 is 12.1 Å². The van der Waals surface area contributed by atoms with Crippen molar-refractivity contribution in [2.24, 2.45) is 0 Å². The molecular weight excluding hydrogens is 213 g/mol. The Labute approximate surface area is 82.5 Å². The van der Waals surface area contributed by atoms with Gasteiger partial charge in [0.1, 0.15) is 5.69 Å². The Bertz CT molecular complexity index is 390. The summed E-state index contributed by atoms with van der Waals surface area (Å²) in [6.07, 6.45) is -4.58. The van der Waals surface area contributed by atoms with Crippen molar-refractivity contribution in [1.82, 2.24) is 4.98 Å². The molecule has 1 aromatic heterocycles. The SMILES string of the molecule is Nc1cnc(C(F)(F)F)c(CC(=O)O)c1. The maximum atomic E-state index is 12.3. The Morgan fingerprint density at radius 3 is 2.60 bits per heavy atom. The van der Waals surface area contributed by atoms with Crippen LogP contribution in [-0.4, -0.2) is 16.1 Å². The van der Waals surface area contributed by atoms with Gasteiger partial charge in [-0.1, -0.05) is 0 Å². The predicted molar refractivity (Wildman–Crippen MR) is 45.0 cm³/mol. The minimum absolute atomic E-state index is 0.000694. The highest BCUT2D eigenvalue weighted by atomic mass is 19.4. The number of hydrogen-bond donors (Lipinski definition) is 2. The Balaban J connectivity index is 3.20. The van der Waals surface area contributed by atoms with Gasteiger partial charge in [0.2, 0.25) is 0 Å². The normalized spacial score (nSPS) is 11.4. The summed E-state index contributed by atoms with van der Waals surface area (Å²) >= 11 is 0. The van der Waals surface area contributed by atoms with E-state index in [0.717, 1.165) is 12.3 Å². The van der Waals surface area contributed by atoms with Crippen LogP contribution in [0, 0.1) is 0 Å². The molecule has 3 N–H and O–H groups in total. The van der Waals surface area contributed by atoms with Crippen molar-refractivity contribution in [1.29, 1.82) is 0 Å². The predicted octanol–water partition coefficient (Wildman–Crippen LogP) is 1.31. The Hall–Kier alpha value is -1.79. The second-order valence-corrected chi connectivity index (χ2v) is 2.84. The molecule has 0 amide bonds. The van der Waals surface area contributed by atoms with Crippen molar-refractivity contribution in [3.05, 3.63) is 23.5 Å². The first-order valence-corrected chi connectivity index (χ1v) is 3.84. The number of halogens is 3. The fourth-order valence-corrected chi connectivity index (χ4v) is 1.08. The topological polar surface area (TPSA) is 76.2 Å². The smallest absolute Gasteiger partial charge is 0.433 e. The number of rotatable bonds is 2. The van der Waals surface area contributed by atoms with Crippen molar-refractivity contribution in [2.45, 2.75) is 12.6 Å². The maximum absolute atomic E-state index is 12.3. The van der Waals surface area contributed by atoms with Gasteiger partial charge < -0.3 is 10.8 Å². The van der Waals surface area contributed by atoms with Gasteiger partial charge in [-0.2, -0.15) is 13.2 Å². The highest BCUT2D eigenvalue weighted by Crippen LogP contribution is 2.31. The number of anilines is 1. The lowest BCUT2D eigenvalue weighted by Gasteiger charge is -2.10. The summed E-state index contributed by atoms with van der Waals surface area (Å²) in [5.74, 6) is -1.37. The van der Waals surface area contributed by atoms with E-state index < -0.39 is 29.8 Å². The van der Waals surface area contributed by atoms with Crippen LogP contribution in [0.15, 0.2) is 12.3 Å². The van der Waals surface area contributed by atoms with Gasteiger partial charge in [0.25, 0.3) is 0 Å². The second kappa shape index (κ2) is 3.76. The summed E-state index contributed by atoms with van der Waals surface area (Å²) in [5, 5.41) is 8.41. The number of carboxylic acids is 1. The molecule has 0 bridgehead atoms. The first kappa shape index (κ1) is 11.3. The van der Waals surface area contributed by atoms with E-state index in [1.807, 2.05) is 0 Å². The lowest BCUT2D eigenvalue weighted by atomic mass is 10.1. The van der Waals surface area contributed by atoms with Crippen molar-refractivity contribution in [2.75, 3.05) is 5.73 Å². The van der Waals surface area contributed by atoms with Gasteiger partial charge in [-0.15, -0.1) is 0 Å². The van der Waals surface area contributed by atoms with Gasteiger partial charge in [0.05, 0.1) is 18.3 Å².